The Morgan fingerprint density at radius 3 is 2.15 bits per heavy atom. The average molecular weight is 362 g/mol. The number of carbonyl (C=O) groups is 3. The Labute approximate surface area is 155 Å². The molecule has 0 aliphatic heterocycles. The molecule has 144 valence electrons. The van der Waals surface area contributed by atoms with Crippen LogP contribution in [0.4, 0.5) is 0 Å². The monoisotopic (exact) mass is 362 g/mol. The van der Waals surface area contributed by atoms with Crippen LogP contribution in [0.25, 0.3) is 0 Å². The minimum absolute atomic E-state index is 0.00943. The fourth-order valence-corrected chi connectivity index (χ4v) is 5.44. The van der Waals surface area contributed by atoms with Crippen LogP contribution in [0.3, 0.4) is 0 Å². The molecule has 4 rings (SSSR count). The van der Waals surface area contributed by atoms with Crippen molar-refractivity contribution < 1.29 is 19.1 Å². The van der Waals surface area contributed by atoms with Gasteiger partial charge in [-0.05, 0) is 70.1 Å². The lowest BCUT2D eigenvalue weighted by atomic mass is 9.49. The lowest BCUT2D eigenvalue weighted by molar-refractivity contribution is -0.159. The predicted octanol–water partition coefficient (Wildman–Crippen LogP) is 1.94. The number of esters is 1. The molecule has 0 saturated heterocycles. The van der Waals surface area contributed by atoms with E-state index in [2.05, 4.69) is 17.2 Å². The third kappa shape index (κ3) is 3.79. The van der Waals surface area contributed by atoms with Gasteiger partial charge in [0.05, 0.1) is 0 Å². The SMILES string of the molecule is C=CCNC(=O)[C@H](C)OC(=O)[C@H](C)NC(=O)C12CC3CC(CC(C3)C1)C2. The Bertz CT molecular complexity index is 565. The number of hydrogen-bond acceptors (Lipinski definition) is 4. The molecule has 0 aromatic rings. The zero-order valence-corrected chi connectivity index (χ0v) is 15.8. The molecule has 4 aliphatic carbocycles. The minimum Gasteiger partial charge on any atom is -0.451 e. The molecule has 4 saturated carbocycles. The van der Waals surface area contributed by atoms with Crippen LogP contribution in [0.15, 0.2) is 12.7 Å². The summed E-state index contributed by atoms with van der Waals surface area (Å²) >= 11 is 0. The minimum atomic E-state index is -0.902. The van der Waals surface area contributed by atoms with Gasteiger partial charge in [-0.1, -0.05) is 6.08 Å². The van der Waals surface area contributed by atoms with Crippen LogP contribution in [-0.2, 0) is 19.1 Å². The Balaban J connectivity index is 1.53. The summed E-state index contributed by atoms with van der Waals surface area (Å²) in [7, 11) is 0. The zero-order valence-electron chi connectivity index (χ0n) is 15.8. The number of amides is 2. The number of rotatable bonds is 7. The molecular weight excluding hydrogens is 332 g/mol. The van der Waals surface area contributed by atoms with Crippen molar-refractivity contribution in [3.8, 4) is 0 Å². The second-order valence-corrected chi connectivity index (χ2v) is 8.51. The third-order valence-corrected chi connectivity index (χ3v) is 6.30. The zero-order chi connectivity index (χ0) is 18.9. The summed E-state index contributed by atoms with van der Waals surface area (Å²) in [5.41, 5.74) is -0.295. The van der Waals surface area contributed by atoms with Crippen molar-refractivity contribution in [1.82, 2.24) is 10.6 Å². The maximum atomic E-state index is 13.0. The van der Waals surface area contributed by atoms with Gasteiger partial charge in [-0.2, -0.15) is 0 Å². The summed E-state index contributed by atoms with van der Waals surface area (Å²) in [5, 5.41) is 5.45. The van der Waals surface area contributed by atoms with Crippen LogP contribution in [-0.4, -0.2) is 36.5 Å². The van der Waals surface area contributed by atoms with Crippen molar-refractivity contribution in [3.05, 3.63) is 12.7 Å². The molecule has 0 aromatic carbocycles. The quantitative estimate of drug-likeness (QED) is 0.535. The van der Waals surface area contributed by atoms with E-state index < -0.39 is 18.1 Å². The van der Waals surface area contributed by atoms with Gasteiger partial charge in [0, 0.05) is 12.0 Å². The van der Waals surface area contributed by atoms with E-state index in [-0.39, 0.29) is 17.2 Å². The second-order valence-electron chi connectivity index (χ2n) is 8.51. The van der Waals surface area contributed by atoms with Crippen LogP contribution in [0.2, 0.25) is 0 Å². The van der Waals surface area contributed by atoms with E-state index in [1.54, 1.807) is 13.0 Å². The molecule has 2 amide bonds. The van der Waals surface area contributed by atoms with Crippen molar-refractivity contribution in [2.24, 2.45) is 23.2 Å². The lowest BCUT2D eigenvalue weighted by Crippen LogP contribution is -2.56. The first-order chi connectivity index (χ1) is 12.3. The van der Waals surface area contributed by atoms with Gasteiger partial charge >= 0.3 is 5.97 Å². The topological polar surface area (TPSA) is 84.5 Å². The normalized spacial score (nSPS) is 33.8. The highest BCUT2D eigenvalue weighted by molar-refractivity contribution is 5.89. The van der Waals surface area contributed by atoms with Gasteiger partial charge < -0.3 is 15.4 Å². The van der Waals surface area contributed by atoms with E-state index in [1.807, 2.05) is 0 Å². The molecule has 6 heteroatoms. The van der Waals surface area contributed by atoms with E-state index in [1.165, 1.54) is 26.2 Å². The Morgan fingerprint density at radius 1 is 1.12 bits per heavy atom. The Hall–Kier alpha value is -1.85. The highest BCUT2D eigenvalue weighted by Crippen LogP contribution is 2.60. The van der Waals surface area contributed by atoms with Crippen molar-refractivity contribution in [2.75, 3.05) is 6.54 Å². The fourth-order valence-electron chi connectivity index (χ4n) is 5.44. The van der Waals surface area contributed by atoms with Crippen molar-refractivity contribution in [2.45, 2.75) is 64.5 Å². The number of ether oxygens (including phenoxy) is 1. The van der Waals surface area contributed by atoms with Gasteiger partial charge in [-0.3, -0.25) is 9.59 Å². The molecule has 0 heterocycles. The molecule has 0 aromatic heterocycles. The van der Waals surface area contributed by atoms with Crippen LogP contribution < -0.4 is 10.6 Å². The molecule has 0 radical (unpaired) electrons. The standard InChI is InChI=1S/C20H30N2O4/c1-4-5-21-17(23)13(3)26-18(24)12(2)22-19(25)20-9-14-6-15(10-20)8-16(7-14)11-20/h4,12-16H,1,5-11H2,2-3H3,(H,21,23)(H,22,25)/t12-,13-,14?,15?,16?,20?/m0/s1. The smallest absolute Gasteiger partial charge is 0.329 e. The number of carbonyl (C=O) groups excluding carboxylic acids is 3. The third-order valence-electron chi connectivity index (χ3n) is 6.30. The van der Waals surface area contributed by atoms with E-state index in [4.69, 9.17) is 4.74 Å². The first-order valence-electron chi connectivity index (χ1n) is 9.73. The van der Waals surface area contributed by atoms with E-state index in [9.17, 15) is 14.4 Å². The van der Waals surface area contributed by atoms with Gasteiger partial charge in [0.25, 0.3) is 5.91 Å². The molecule has 0 spiro atoms. The fraction of sp³-hybridized carbons (Fsp3) is 0.750. The van der Waals surface area contributed by atoms with Crippen LogP contribution >= 0.6 is 0 Å². The van der Waals surface area contributed by atoms with Gasteiger partial charge in [-0.25, -0.2) is 4.79 Å². The largest absolute Gasteiger partial charge is 0.451 e. The first-order valence-corrected chi connectivity index (χ1v) is 9.73. The van der Waals surface area contributed by atoms with Crippen LogP contribution in [0, 0.1) is 23.2 Å². The first kappa shape index (κ1) is 18.9. The van der Waals surface area contributed by atoms with Crippen molar-refractivity contribution in [3.63, 3.8) is 0 Å². The summed E-state index contributed by atoms with van der Waals surface area (Å²) in [6.45, 7) is 6.98. The lowest BCUT2D eigenvalue weighted by Gasteiger charge is -2.55. The van der Waals surface area contributed by atoms with E-state index >= 15 is 0 Å². The van der Waals surface area contributed by atoms with Gasteiger partial charge in [0.1, 0.15) is 6.04 Å². The second kappa shape index (κ2) is 7.41. The van der Waals surface area contributed by atoms with Gasteiger partial charge in [-0.15, -0.1) is 6.58 Å². The predicted molar refractivity (Wildman–Crippen MR) is 97.0 cm³/mol. The highest BCUT2D eigenvalue weighted by atomic mass is 16.5. The number of hydrogen-bond donors (Lipinski definition) is 2. The summed E-state index contributed by atoms with van der Waals surface area (Å²) in [5.74, 6) is 1.04. The van der Waals surface area contributed by atoms with Crippen molar-refractivity contribution in [1.29, 1.82) is 0 Å². The molecule has 6 nitrogen and oxygen atoms in total. The summed E-state index contributed by atoms with van der Waals surface area (Å²) in [4.78, 5) is 37.0. The molecule has 2 atom stereocenters. The maximum Gasteiger partial charge on any atom is 0.329 e. The number of nitrogens with one attached hydrogen (secondary N) is 2. The molecule has 2 N–H and O–H groups in total. The van der Waals surface area contributed by atoms with E-state index in [0.29, 0.717) is 24.3 Å². The average Bonchev–Trinajstić information content (AvgIpc) is 2.58. The van der Waals surface area contributed by atoms with Crippen LogP contribution in [0.1, 0.15) is 52.4 Å². The van der Waals surface area contributed by atoms with E-state index in [0.717, 1.165) is 19.3 Å². The summed E-state index contributed by atoms with van der Waals surface area (Å²) in [6.07, 6.45) is 7.30. The molecule has 4 bridgehead atoms. The Morgan fingerprint density at radius 2 is 1.65 bits per heavy atom. The van der Waals surface area contributed by atoms with Gasteiger partial charge in [0.2, 0.25) is 5.91 Å². The Kier molecular flexibility index (Phi) is 5.39. The molecule has 4 aliphatic rings. The molecule has 0 unspecified atom stereocenters. The molecule has 4 fully saturated rings. The molecule has 26 heavy (non-hydrogen) atoms. The highest BCUT2D eigenvalue weighted by Gasteiger charge is 2.54. The maximum absolute atomic E-state index is 13.0. The van der Waals surface area contributed by atoms with Crippen LogP contribution in [0.5, 0.6) is 0 Å². The van der Waals surface area contributed by atoms with Gasteiger partial charge in [0.15, 0.2) is 6.10 Å². The van der Waals surface area contributed by atoms with Crippen molar-refractivity contribution >= 4 is 17.8 Å². The summed E-state index contributed by atoms with van der Waals surface area (Å²) < 4.78 is 5.19. The molecular formula is C20H30N2O4. The summed E-state index contributed by atoms with van der Waals surface area (Å²) in [6, 6.07) is -0.759.